The first-order chi connectivity index (χ1) is 6.02. The van der Waals surface area contributed by atoms with E-state index in [-0.39, 0.29) is 12.0 Å². The van der Waals surface area contributed by atoms with Crippen LogP contribution in [0, 0.1) is 5.41 Å². The molecule has 0 aliphatic rings. The molecule has 13 heavy (non-hydrogen) atoms. The maximum Gasteiger partial charge on any atom is 0.0436 e. The number of nitrogens with one attached hydrogen (secondary N) is 1. The van der Waals surface area contributed by atoms with Crippen LogP contribution in [0.2, 0.25) is 0 Å². The van der Waals surface area contributed by atoms with Crippen molar-refractivity contribution in [3.05, 3.63) is 12.2 Å². The minimum absolute atomic E-state index is 0.183. The third-order valence-electron chi connectivity index (χ3n) is 2.27. The lowest BCUT2D eigenvalue weighted by atomic mass is 9.90. The third-order valence-corrected chi connectivity index (χ3v) is 2.27. The van der Waals surface area contributed by atoms with Crippen molar-refractivity contribution < 1.29 is 5.11 Å². The van der Waals surface area contributed by atoms with Crippen LogP contribution in [0.1, 0.15) is 33.6 Å². The molecule has 0 aromatic carbocycles. The molecule has 0 aromatic rings. The normalized spacial score (nSPS) is 11.7. The summed E-state index contributed by atoms with van der Waals surface area (Å²) in [6.45, 7) is 12.5. The van der Waals surface area contributed by atoms with Crippen molar-refractivity contribution in [1.82, 2.24) is 5.32 Å². The Bertz CT molecular complexity index is 152. The molecule has 2 nitrogen and oxygen atoms in total. The lowest BCUT2D eigenvalue weighted by Crippen LogP contribution is -2.31. The van der Waals surface area contributed by atoms with E-state index >= 15 is 0 Å². The molecule has 0 aromatic heterocycles. The molecule has 0 amide bonds. The van der Waals surface area contributed by atoms with E-state index in [0.717, 1.165) is 25.9 Å². The number of aliphatic hydroxyl groups excluding tert-OH is 1. The molecule has 0 aliphatic carbocycles. The van der Waals surface area contributed by atoms with Gasteiger partial charge in [-0.3, -0.25) is 0 Å². The molecule has 0 aliphatic heterocycles. The van der Waals surface area contributed by atoms with Crippen LogP contribution < -0.4 is 5.32 Å². The van der Waals surface area contributed by atoms with E-state index in [4.69, 9.17) is 5.11 Å². The van der Waals surface area contributed by atoms with Crippen molar-refractivity contribution in [2.24, 2.45) is 5.41 Å². The van der Waals surface area contributed by atoms with Crippen molar-refractivity contribution >= 4 is 0 Å². The van der Waals surface area contributed by atoms with E-state index in [9.17, 15) is 0 Å². The fraction of sp³-hybridized carbons (Fsp3) is 0.818. The van der Waals surface area contributed by atoms with Gasteiger partial charge < -0.3 is 10.4 Å². The zero-order valence-electron chi connectivity index (χ0n) is 9.19. The summed E-state index contributed by atoms with van der Waals surface area (Å²) >= 11 is 0. The van der Waals surface area contributed by atoms with Crippen molar-refractivity contribution in [3.63, 3.8) is 0 Å². The molecule has 78 valence electrons. The molecule has 0 radical (unpaired) electrons. The summed E-state index contributed by atoms with van der Waals surface area (Å²) in [6, 6.07) is 0. The summed E-state index contributed by atoms with van der Waals surface area (Å²) in [5, 5.41) is 12.2. The van der Waals surface area contributed by atoms with Gasteiger partial charge in [0.25, 0.3) is 0 Å². The zero-order chi connectivity index (χ0) is 10.3. The number of rotatable bonds is 7. The quantitative estimate of drug-likeness (QED) is 0.594. The SMILES string of the molecule is C=C(CC)CNCC(C)(C)CCO. The fourth-order valence-corrected chi connectivity index (χ4v) is 1.09. The van der Waals surface area contributed by atoms with E-state index < -0.39 is 0 Å². The van der Waals surface area contributed by atoms with Crippen LogP contribution >= 0.6 is 0 Å². The lowest BCUT2D eigenvalue weighted by molar-refractivity contribution is 0.208. The van der Waals surface area contributed by atoms with Gasteiger partial charge in [0.1, 0.15) is 0 Å². The molecule has 0 saturated heterocycles. The Balaban J connectivity index is 3.56. The molecule has 2 N–H and O–H groups in total. The van der Waals surface area contributed by atoms with Crippen molar-refractivity contribution in [2.75, 3.05) is 19.7 Å². The zero-order valence-corrected chi connectivity index (χ0v) is 9.19. The van der Waals surface area contributed by atoms with Gasteiger partial charge in [-0.1, -0.05) is 32.9 Å². The second-order valence-electron chi connectivity index (χ2n) is 4.34. The summed E-state index contributed by atoms with van der Waals surface area (Å²) in [7, 11) is 0. The Kier molecular flexibility index (Phi) is 6.00. The van der Waals surface area contributed by atoms with Gasteiger partial charge in [-0.2, -0.15) is 0 Å². The highest BCUT2D eigenvalue weighted by Crippen LogP contribution is 2.17. The predicted molar refractivity (Wildman–Crippen MR) is 57.8 cm³/mol. The van der Waals surface area contributed by atoms with Gasteiger partial charge in [0, 0.05) is 19.7 Å². The average Bonchev–Trinajstić information content (AvgIpc) is 2.03. The molecule has 2 heteroatoms. The van der Waals surface area contributed by atoms with Gasteiger partial charge in [-0.25, -0.2) is 0 Å². The van der Waals surface area contributed by atoms with E-state index in [1.54, 1.807) is 0 Å². The summed E-state index contributed by atoms with van der Waals surface area (Å²) in [6.07, 6.45) is 1.88. The molecular formula is C11H23NO. The van der Waals surface area contributed by atoms with Crippen molar-refractivity contribution in [3.8, 4) is 0 Å². The Morgan fingerprint density at radius 1 is 1.46 bits per heavy atom. The van der Waals surface area contributed by atoms with Gasteiger partial charge in [0.2, 0.25) is 0 Å². The monoisotopic (exact) mass is 185 g/mol. The molecule has 0 saturated carbocycles. The Morgan fingerprint density at radius 2 is 2.08 bits per heavy atom. The van der Waals surface area contributed by atoms with E-state index in [2.05, 4.69) is 32.7 Å². The molecule has 0 heterocycles. The molecular weight excluding hydrogens is 162 g/mol. The molecule has 0 spiro atoms. The Labute approximate surface area is 82.0 Å². The van der Waals surface area contributed by atoms with Gasteiger partial charge in [-0.15, -0.1) is 0 Å². The molecule has 0 rings (SSSR count). The number of hydrogen-bond acceptors (Lipinski definition) is 2. The smallest absolute Gasteiger partial charge is 0.0436 e. The first-order valence-corrected chi connectivity index (χ1v) is 5.00. The first kappa shape index (κ1) is 12.7. The highest BCUT2D eigenvalue weighted by molar-refractivity contribution is 4.95. The first-order valence-electron chi connectivity index (χ1n) is 5.00. The minimum atomic E-state index is 0.183. The van der Waals surface area contributed by atoms with Crippen LogP contribution in [-0.2, 0) is 0 Å². The van der Waals surface area contributed by atoms with Crippen molar-refractivity contribution in [2.45, 2.75) is 33.6 Å². The van der Waals surface area contributed by atoms with Crippen molar-refractivity contribution in [1.29, 1.82) is 0 Å². The topological polar surface area (TPSA) is 32.3 Å². The van der Waals surface area contributed by atoms with E-state index in [1.807, 2.05) is 0 Å². The highest BCUT2D eigenvalue weighted by Gasteiger charge is 2.15. The predicted octanol–water partition coefficient (Wildman–Crippen LogP) is 1.95. The van der Waals surface area contributed by atoms with Crippen LogP contribution in [0.15, 0.2) is 12.2 Å². The summed E-state index contributed by atoms with van der Waals surface area (Å²) < 4.78 is 0. The lowest BCUT2D eigenvalue weighted by Gasteiger charge is -2.24. The second-order valence-corrected chi connectivity index (χ2v) is 4.34. The highest BCUT2D eigenvalue weighted by atomic mass is 16.3. The van der Waals surface area contributed by atoms with Gasteiger partial charge in [0.15, 0.2) is 0 Å². The largest absolute Gasteiger partial charge is 0.396 e. The fourth-order valence-electron chi connectivity index (χ4n) is 1.09. The Morgan fingerprint density at radius 3 is 2.54 bits per heavy atom. The second kappa shape index (κ2) is 6.17. The van der Waals surface area contributed by atoms with Gasteiger partial charge in [0.05, 0.1) is 0 Å². The molecule has 0 unspecified atom stereocenters. The van der Waals surface area contributed by atoms with Crippen LogP contribution in [0.25, 0.3) is 0 Å². The maximum atomic E-state index is 8.81. The molecule has 0 fully saturated rings. The Hall–Kier alpha value is -0.340. The molecule has 0 atom stereocenters. The summed E-state index contributed by atoms with van der Waals surface area (Å²) in [5.41, 5.74) is 1.42. The molecule has 0 bridgehead atoms. The van der Waals surface area contributed by atoms with Crippen LogP contribution in [-0.4, -0.2) is 24.8 Å². The van der Waals surface area contributed by atoms with Gasteiger partial charge in [-0.05, 0) is 18.3 Å². The van der Waals surface area contributed by atoms with Gasteiger partial charge >= 0.3 is 0 Å². The average molecular weight is 185 g/mol. The standard InChI is InChI=1S/C11H23NO/c1-5-10(2)8-12-9-11(3,4)6-7-13/h12-13H,2,5-9H2,1,3-4H3. The maximum absolute atomic E-state index is 8.81. The van der Waals surface area contributed by atoms with E-state index in [1.165, 1.54) is 5.57 Å². The van der Waals surface area contributed by atoms with E-state index in [0.29, 0.717) is 0 Å². The van der Waals surface area contributed by atoms with Crippen LogP contribution in [0.3, 0.4) is 0 Å². The summed E-state index contributed by atoms with van der Waals surface area (Å²) in [5.74, 6) is 0. The summed E-state index contributed by atoms with van der Waals surface area (Å²) in [4.78, 5) is 0. The number of hydrogen-bond donors (Lipinski definition) is 2. The van der Waals surface area contributed by atoms with Crippen LogP contribution in [0.4, 0.5) is 0 Å². The van der Waals surface area contributed by atoms with Crippen LogP contribution in [0.5, 0.6) is 0 Å². The minimum Gasteiger partial charge on any atom is -0.396 e. The number of aliphatic hydroxyl groups is 1. The third kappa shape index (κ3) is 6.79.